The minimum absolute atomic E-state index is 0.179. The van der Waals surface area contributed by atoms with E-state index in [9.17, 15) is 13.2 Å². The summed E-state index contributed by atoms with van der Waals surface area (Å²) in [7, 11) is 1.65. The number of alkyl halides is 3. The van der Waals surface area contributed by atoms with E-state index >= 15 is 0 Å². The van der Waals surface area contributed by atoms with Crippen molar-refractivity contribution in [1.29, 1.82) is 0 Å². The lowest BCUT2D eigenvalue weighted by Gasteiger charge is -2.12. The van der Waals surface area contributed by atoms with Crippen molar-refractivity contribution in [2.24, 2.45) is 4.99 Å². The quantitative estimate of drug-likeness (QED) is 0.410. The number of ether oxygens (including phenoxy) is 2. The molecule has 1 rings (SSSR count). The van der Waals surface area contributed by atoms with Crippen molar-refractivity contribution in [2.75, 3.05) is 33.4 Å². The van der Waals surface area contributed by atoms with Gasteiger partial charge in [-0.15, -0.1) is 0 Å². The van der Waals surface area contributed by atoms with Crippen molar-refractivity contribution in [3.8, 4) is 5.75 Å². The lowest BCUT2D eigenvalue weighted by atomic mass is 10.2. The predicted molar refractivity (Wildman–Crippen MR) is 87.3 cm³/mol. The van der Waals surface area contributed by atoms with E-state index in [-0.39, 0.29) is 5.75 Å². The largest absolute Gasteiger partial charge is 0.484 e. The summed E-state index contributed by atoms with van der Waals surface area (Å²) in [6, 6.07) is 6.49. The van der Waals surface area contributed by atoms with Crippen LogP contribution in [-0.2, 0) is 11.3 Å². The number of hydrogen-bond acceptors (Lipinski definition) is 3. The van der Waals surface area contributed by atoms with Crippen molar-refractivity contribution in [3.63, 3.8) is 0 Å². The summed E-state index contributed by atoms with van der Waals surface area (Å²) in [5.41, 5.74) is 0.767. The molecule has 1 aromatic rings. The highest BCUT2D eigenvalue weighted by atomic mass is 19.4. The molecule has 136 valence electrons. The van der Waals surface area contributed by atoms with Crippen LogP contribution in [0.3, 0.4) is 0 Å². The summed E-state index contributed by atoms with van der Waals surface area (Å²) >= 11 is 0. The van der Waals surface area contributed by atoms with Crippen molar-refractivity contribution >= 4 is 5.96 Å². The summed E-state index contributed by atoms with van der Waals surface area (Å²) in [4.78, 5) is 4.41. The average molecular weight is 347 g/mol. The Hall–Kier alpha value is -1.96. The molecule has 0 saturated heterocycles. The van der Waals surface area contributed by atoms with Crippen molar-refractivity contribution < 1.29 is 22.6 Å². The Morgan fingerprint density at radius 1 is 1.25 bits per heavy atom. The third-order valence-electron chi connectivity index (χ3n) is 2.88. The lowest BCUT2D eigenvalue weighted by Crippen LogP contribution is -2.38. The number of rotatable bonds is 9. The average Bonchev–Trinajstić information content (AvgIpc) is 2.54. The molecule has 5 nitrogen and oxygen atoms in total. The second-order valence-electron chi connectivity index (χ2n) is 5.02. The van der Waals surface area contributed by atoms with Crippen LogP contribution in [0.25, 0.3) is 0 Å². The van der Waals surface area contributed by atoms with E-state index in [4.69, 9.17) is 9.47 Å². The maximum atomic E-state index is 12.2. The van der Waals surface area contributed by atoms with E-state index < -0.39 is 12.8 Å². The molecule has 0 aliphatic rings. The van der Waals surface area contributed by atoms with Crippen molar-refractivity contribution in [1.82, 2.24) is 10.6 Å². The van der Waals surface area contributed by atoms with E-state index in [1.807, 2.05) is 6.92 Å². The molecule has 0 heterocycles. The van der Waals surface area contributed by atoms with Gasteiger partial charge in [0, 0.05) is 26.8 Å². The Morgan fingerprint density at radius 2 is 2.04 bits per heavy atom. The summed E-state index contributed by atoms with van der Waals surface area (Å²) in [6.07, 6.45) is -3.50. The van der Waals surface area contributed by atoms with Crippen LogP contribution in [0.5, 0.6) is 5.75 Å². The molecule has 0 fully saturated rings. The number of halogens is 3. The first-order chi connectivity index (χ1) is 11.4. The molecule has 24 heavy (non-hydrogen) atoms. The number of methoxy groups -OCH3 is 1. The molecule has 0 spiro atoms. The van der Waals surface area contributed by atoms with Crippen LogP contribution in [0.2, 0.25) is 0 Å². The SMILES string of the molecule is CCNC(=NCc1cccc(OCC(F)(F)F)c1)NCCCOC. The Kier molecular flexibility index (Phi) is 8.99. The maximum absolute atomic E-state index is 12.2. The smallest absolute Gasteiger partial charge is 0.422 e. The highest BCUT2D eigenvalue weighted by Gasteiger charge is 2.28. The molecule has 8 heteroatoms. The molecule has 0 aromatic heterocycles. The molecular weight excluding hydrogens is 323 g/mol. The van der Waals surface area contributed by atoms with Gasteiger partial charge in [-0.25, -0.2) is 4.99 Å². The van der Waals surface area contributed by atoms with Gasteiger partial charge in [-0.2, -0.15) is 13.2 Å². The van der Waals surface area contributed by atoms with Gasteiger partial charge in [0.1, 0.15) is 5.75 Å². The van der Waals surface area contributed by atoms with Gasteiger partial charge in [0.05, 0.1) is 6.54 Å². The van der Waals surface area contributed by atoms with Crippen LogP contribution in [0.4, 0.5) is 13.2 Å². The minimum atomic E-state index is -4.35. The van der Waals surface area contributed by atoms with Gasteiger partial charge in [0.15, 0.2) is 12.6 Å². The molecule has 0 aliphatic carbocycles. The number of guanidine groups is 1. The number of benzene rings is 1. The first-order valence-corrected chi connectivity index (χ1v) is 7.74. The van der Waals surface area contributed by atoms with Gasteiger partial charge in [-0.1, -0.05) is 12.1 Å². The molecule has 0 amide bonds. The summed E-state index contributed by atoms with van der Waals surface area (Å²) in [5.74, 6) is 0.827. The first-order valence-electron chi connectivity index (χ1n) is 7.74. The monoisotopic (exact) mass is 347 g/mol. The second kappa shape index (κ2) is 10.7. The molecule has 1 aromatic carbocycles. The molecule has 0 aliphatic heterocycles. The first kappa shape index (κ1) is 20.1. The zero-order valence-electron chi connectivity index (χ0n) is 13.9. The molecule has 0 unspecified atom stereocenters. The fraction of sp³-hybridized carbons (Fsp3) is 0.562. The van der Waals surface area contributed by atoms with Crippen LogP contribution in [0.1, 0.15) is 18.9 Å². The van der Waals surface area contributed by atoms with Crippen LogP contribution in [-0.4, -0.2) is 45.5 Å². The van der Waals surface area contributed by atoms with E-state index in [2.05, 4.69) is 15.6 Å². The number of aliphatic imine (C=N–C) groups is 1. The van der Waals surface area contributed by atoms with Crippen LogP contribution in [0.15, 0.2) is 29.3 Å². The fourth-order valence-electron chi connectivity index (χ4n) is 1.83. The van der Waals surface area contributed by atoms with E-state index in [0.717, 1.165) is 12.0 Å². The number of nitrogens with zero attached hydrogens (tertiary/aromatic N) is 1. The Bertz CT molecular complexity index is 508. The number of nitrogens with one attached hydrogen (secondary N) is 2. The highest BCUT2D eigenvalue weighted by molar-refractivity contribution is 5.79. The van der Waals surface area contributed by atoms with Gasteiger partial charge < -0.3 is 20.1 Å². The molecule has 0 atom stereocenters. The molecule has 0 bridgehead atoms. The Morgan fingerprint density at radius 3 is 2.71 bits per heavy atom. The van der Waals surface area contributed by atoms with Gasteiger partial charge >= 0.3 is 6.18 Å². The summed E-state index contributed by atoms with van der Waals surface area (Å²) in [5, 5.41) is 6.27. The Labute approximate surface area is 140 Å². The summed E-state index contributed by atoms with van der Waals surface area (Å²) < 4.78 is 46.3. The third-order valence-corrected chi connectivity index (χ3v) is 2.88. The van der Waals surface area contributed by atoms with E-state index in [1.165, 1.54) is 6.07 Å². The zero-order valence-corrected chi connectivity index (χ0v) is 13.9. The molecule has 0 saturated carbocycles. The Balaban J connectivity index is 2.58. The van der Waals surface area contributed by atoms with Crippen LogP contribution >= 0.6 is 0 Å². The highest BCUT2D eigenvalue weighted by Crippen LogP contribution is 2.19. The summed E-state index contributed by atoms with van der Waals surface area (Å²) in [6.45, 7) is 3.08. The van der Waals surface area contributed by atoms with Crippen LogP contribution in [0, 0.1) is 0 Å². The minimum Gasteiger partial charge on any atom is -0.484 e. The third kappa shape index (κ3) is 9.24. The van der Waals surface area contributed by atoms with Crippen molar-refractivity contribution in [2.45, 2.75) is 26.1 Å². The van der Waals surface area contributed by atoms with Gasteiger partial charge in [0.25, 0.3) is 0 Å². The molecule has 2 N–H and O–H groups in total. The zero-order chi connectivity index (χ0) is 17.8. The standard InChI is InChI=1S/C16H24F3N3O2/c1-3-20-15(21-8-5-9-23-2)22-11-13-6-4-7-14(10-13)24-12-16(17,18)19/h4,6-7,10H,3,5,8-9,11-12H2,1-2H3,(H2,20,21,22). The maximum Gasteiger partial charge on any atom is 0.422 e. The van der Waals surface area contributed by atoms with Crippen LogP contribution < -0.4 is 15.4 Å². The van der Waals surface area contributed by atoms with E-state index in [1.54, 1.807) is 25.3 Å². The molecule has 0 radical (unpaired) electrons. The lowest BCUT2D eigenvalue weighted by molar-refractivity contribution is -0.153. The van der Waals surface area contributed by atoms with Crippen molar-refractivity contribution in [3.05, 3.63) is 29.8 Å². The normalized spacial score (nSPS) is 12.1. The topological polar surface area (TPSA) is 54.9 Å². The molecular formula is C16H24F3N3O2. The van der Waals surface area contributed by atoms with Gasteiger partial charge in [0.2, 0.25) is 0 Å². The number of hydrogen-bond donors (Lipinski definition) is 2. The predicted octanol–water partition coefficient (Wildman–Crippen LogP) is 2.72. The van der Waals surface area contributed by atoms with Gasteiger partial charge in [-0.3, -0.25) is 0 Å². The second-order valence-corrected chi connectivity index (χ2v) is 5.02. The fourth-order valence-corrected chi connectivity index (χ4v) is 1.83. The van der Waals surface area contributed by atoms with E-state index in [0.29, 0.717) is 32.2 Å². The van der Waals surface area contributed by atoms with Gasteiger partial charge in [-0.05, 0) is 31.0 Å².